The van der Waals surface area contributed by atoms with Gasteiger partial charge in [0.15, 0.2) is 5.03 Å². The van der Waals surface area contributed by atoms with Crippen LogP contribution in [0.5, 0.6) is 5.75 Å². The minimum atomic E-state index is -3.80. The van der Waals surface area contributed by atoms with Gasteiger partial charge in [-0.25, -0.2) is 17.8 Å². The number of carbonyl (C=O) groups excluding carboxylic acids is 1. The van der Waals surface area contributed by atoms with Crippen molar-refractivity contribution in [1.29, 1.82) is 0 Å². The van der Waals surface area contributed by atoms with E-state index in [0.717, 1.165) is 5.69 Å². The van der Waals surface area contributed by atoms with E-state index in [1.807, 2.05) is 0 Å². The van der Waals surface area contributed by atoms with Gasteiger partial charge in [-0.2, -0.15) is 0 Å². The largest absolute Gasteiger partial charge is 0.497 e. The van der Waals surface area contributed by atoms with Gasteiger partial charge in [0.25, 0.3) is 5.91 Å². The maximum absolute atomic E-state index is 13.1. The molecule has 0 N–H and O–H groups in total. The fourth-order valence-corrected chi connectivity index (χ4v) is 4.72. The SMILES string of the molecule is COc1ccc(S(=O)(=O)c2ccc(C(=O)N3CCN(c4ccc(F)cc4)CC3)cn2)cc1. The Balaban J connectivity index is 1.42. The van der Waals surface area contributed by atoms with Crippen molar-refractivity contribution in [3.05, 3.63) is 78.2 Å². The lowest BCUT2D eigenvalue weighted by Gasteiger charge is -2.36. The molecule has 1 aliphatic rings. The predicted molar refractivity (Wildman–Crippen MR) is 117 cm³/mol. The van der Waals surface area contributed by atoms with Gasteiger partial charge in [0.1, 0.15) is 11.6 Å². The third-order valence-corrected chi connectivity index (χ3v) is 7.07. The third kappa shape index (κ3) is 4.43. The van der Waals surface area contributed by atoms with Crippen LogP contribution in [0.25, 0.3) is 0 Å². The first kappa shape index (κ1) is 21.8. The lowest BCUT2D eigenvalue weighted by atomic mass is 10.2. The fraction of sp³-hybridized carbons (Fsp3) is 0.217. The second-order valence-corrected chi connectivity index (χ2v) is 9.22. The molecule has 0 bridgehead atoms. The summed E-state index contributed by atoms with van der Waals surface area (Å²) < 4.78 is 43.7. The third-order valence-electron chi connectivity index (χ3n) is 5.39. The summed E-state index contributed by atoms with van der Waals surface area (Å²) in [5.41, 5.74) is 1.24. The minimum absolute atomic E-state index is 0.0989. The highest BCUT2D eigenvalue weighted by Gasteiger charge is 2.24. The van der Waals surface area contributed by atoms with Gasteiger partial charge in [0, 0.05) is 38.1 Å². The van der Waals surface area contributed by atoms with Crippen molar-refractivity contribution < 1.29 is 22.3 Å². The van der Waals surface area contributed by atoms with Crippen molar-refractivity contribution >= 4 is 21.4 Å². The number of halogens is 1. The van der Waals surface area contributed by atoms with E-state index >= 15 is 0 Å². The van der Waals surface area contributed by atoms with Crippen molar-refractivity contribution in [3.8, 4) is 5.75 Å². The van der Waals surface area contributed by atoms with Crippen molar-refractivity contribution in [3.63, 3.8) is 0 Å². The normalized spacial score (nSPS) is 14.3. The number of piperazine rings is 1. The number of aromatic nitrogens is 1. The first-order chi connectivity index (χ1) is 15.4. The molecule has 0 saturated carbocycles. The summed E-state index contributed by atoms with van der Waals surface area (Å²) in [6.45, 7) is 2.24. The number of methoxy groups -OCH3 is 1. The van der Waals surface area contributed by atoms with Crippen LogP contribution in [0.2, 0.25) is 0 Å². The van der Waals surface area contributed by atoms with Gasteiger partial charge in [0.05, 0.1) is 17.6 Å². The molecule has 2 aromatic carbocycles. The molecule has 0 atom stereocenters. The summed E-state index contributed by atoms with van der Waals surface area (Å²) in [6, 6.07) is 15.1. The molecule has 0 aliphatic carbocycles. The standard InChI is InChI=1S/C23H22FN3O4S/c1-31-20-7-9-21(10-8-20)32(29,30)22-11-2-17(16-25-22)23(28)27-14-12-26(13-15-27)19-5-3-18(24)4-6-19/h2-11,16H,12-15H2,1H3. The van der Waals surface area contributed by atoms with E-state index in [1.54, 1.807) is 29.2 Å². The van der Waals surface area contributed by atoms with Gasteiger partial charge >= 0.3 is 0 Å². The van der Waals surface area contributed by atoms with Crippen molar-refractivity contribution in [2.75, 3.05) is 38.2 Å². The molecular formula is C23H22FN3O4S. The van der Waals surface area contributed by atoms with Crippen LogP contribution in [0.4, 0.5) is 10.1 Å². The molecule has 7 nitrogen and oxygen atoms in total. The van der Waals surface area contributed by atoms with Crippen LogP contribution in [0, 0.1) is 5.82 Å². The molecule has 166 valence electrons. The Kier molecular flexibility index (Phi) is 6.09. The van der Waals surface area contributed by atoms with Gasteiger partial charge in [-0.15, -0.1) is 0 Å². The van der Waals surface area contributed by atoms with Crippen LogP contribution in [0.1, 0.15) is 10.4 Å². The fourth-order valence-electron chi connectivity index (χ4n) is 3.54. The first-order valence-corrected chi connectivity index (χ1v) is 11.5. The molecule has 1 aromatic heterocycles. The zero-order valence-electron chi connectivity index (χ0n) is 17.4. The van der Waals surface area contributed by atoms with Gasteiger partial charge < -0.3 is 14.5 Å². The number of sulfone groups is 1. The number of amides is 1. The number of anilines is 1. The summed E-state index contributed by atoms with van der Waals surface area (Å²) in [4.78, 5) is 20.8. The van der Waals surface area contributed by atoms with Crippen LogP contribution < -0.4 is 9.64 Å². The first-order valence-electron chi connectivity index (χ1n) is 10.0. The zero-order valence-corrected chi connectivity index (χ0v) is 18.3. The van der Waals surface area contributed by atoms with E-state index in [0.29, 0.717) is 37.5 Å². The maximum Gasteiger partial charge on any atom is 0.255 e. The molecule has 0 radical (unpaired) electrons. The second kappa shape index (κ2) is 8.96. The number of benzene rings is 2. The van der Waals surface area contributed by atoms with Gasteiger partial charge in [-0.1, -0.05) is 0 Å². The monoisotopic (exact) mass is 455 g/mol. The number of ether oxygens (including phenoxy) is 1. The number of pyridine rings is 1. The molecule has 2 heterocycles. The summed E-state index contributed by atoms with van der Waals surface area (Å²) >= 11 is 0. The Hall–Kier alpha value is -3.46. The van der Waals surface area contributed by atoms with Crippen molar-refractivity contribution in [2.45, 2.75) is 9.92 Å². The molecule has 3 aromatic rings. The molecule has 1 saturated heterocycles. The highest BCUT2D eigenvalue weighted by molar-refractivity contribution is 7.91. The highest BCUT2D eigenvalue weighted by Crippen LogP contribution is 2.22. The van der Waals surface area contributed by atoms with E-state index in [-0.39, 0.29) is 21.6 Å². The van der Waals surface area contributed by atoms with E-state index in [2.05, 4.69) is 9.88 Å². The molecule has 1 amide bonds. The van der Waals surface area contributed by atoms with E-state index < -0.39 is 9.84 Å². The number of hydrogen-bond donors (Lipinski definition) is 0. The van der Waals surface area contributed by atoms with Gasteiger partial charge in [0.2, 0.25) is 9.84 Å². The maximum atomic E-state index is 13.1. The van der Waals surface area contributed by atoms with Gasteiger partial charge in [-0.3, -0.25) is 4.79 Å². The van der Waals surface area contributed by atoms with E-state index in [4.69, 9.17) is 4.74 Å². The highest BCUT2D eigenvalue weighted by atomic mass is 32.2. The number of nitrogens with zero attached hydrogens (tertiary/aromatic N) is 3. The molecule has 1 aliphatic heterocycles. The lowest BCUT2D eigenvalue weighted by molar-refractivity contribution is 0.0746. The average Bonchev–Trinajstić information content (AvgIpc) is 2.84. The van der Waals surface area contributed by atoms with Crippen LogP contribution >= 0.6 is 0 Å². The number of hydrogen-bond acceptors (Lipinski definition) is 6. The summed E-state index contributed by atoms with van der Waals surface area (Å²) in [6.07, 6.45) is 1.30. The Morgan fingerprint density at radius 2 is 1.59 bits per heavy atom. The molecule has 1 fully saturated rings. The van der Waals surface area contributed by atoms with E-state index in [9.17, 15) is 17.6 Å². The summed E-state index contributed by atoms with van der Waals surface area (Å²) in [5.74, 6) is 0.0644. The summed E-state index contributed by atoms with van der Waals surface area (Å²) in [5, 5.41) is -0.125. The molecule has 9 heteroatoms. The Bertz CT molecular complexity index is 1190. The molecule has 4 rings (SSSR count). The zero-order chi connectivity index (χ0) is 22.7. The predicted octanol–water partition coefficient (Wildman–Crippen LogP) is 3.02. The average molecular weight is 456 g/mol. The van der Waals surface area contributed by atoms with Crippen LogP contribution in [-0.2, 0) is 9.84 Å². The smallest absolute Gasteiger partial charge is 0.255 e. The minimum Gasteiger partial charge on any atom is -0.497 e. The van der Waals surface area contributed by atoms with Crippen LogP contribution in [0.15, 0.2) is 76.8 Å². The molecule has 32 heavy (non-hydrogen) atoms. The number of carbonyl (C=O) groups is 1. The molecule has 0 unspecified atom stereocenters. The van der Waals surface area contributed by atoms with Crippen molar-refractivity contribution in [2.24, 2.45) is 0 Å². The van der Waals surface area contributed by atoms with E-state index in [1.165, 1.54) is 49.7 Å². The van der Waals surface area contributed by atoms with Gasteiger partial charge in [-0.05, 0) is 60.7 Å². The Labute approximate surface area is 186 Å². The Morgan fingerprint density at radius 3 is 2.16 bits per heavy atom. The molecular weight excluding hydrogens is 433 g/mol. The van der Waals surface area contributed by atoms with Crippen LogP contribution in [0.3, 0.4) is 0 Å². The second-order valence-electron chi connectivity index (χ2n) is 7.32. The van der Waals surface area contributed by atoms with Crippen molar-refractivity contribution in [1.82, 2.24) is 9.88 Å². The number of rotatable bonds is 5. The Morgan fingerprint density at radius 1 is 0.938 bits per heavy atom. The molecule has 0 spiro atoms. The van der Waals surface area contributed by atoms with Crippen LogP contribution in [-0.4, -0.2) is 57.5 Å². The quantitative estimate of drug-likeness (QED) is 0.589. The lowest BCUT2D eigenvalue weighted by Crippen LogP contribution is -2.48. The topological polar surface area (TPSA) is 79.8 Å². The summed E-state index contributed by atoms with van der Waals surface area (Å²) in [7, 11) is -2.29.